The Balaban J connectivity index is 1.85. The number of ether oxygens (including phenoxy) is 1. The van der Waals surface area contributed by atoms with Gasteiger partial charge in [0.05, 0.1) is 29.2 Å². The minimum Gasteiger partial charge on any atom is -0.494 e. The van der Waals surface area contributed by atoms with E-state index < -0.39 is 0 Å². The van der Waals surface area contributed by atoms with Gasteiger partial charge in [-0.3, -0.25) is 4.57 Å². The van der Waals surface area contributed by atoms with Crippen molar-refractivity contribution in [2.75, 3.05) is 12.8 Å². The highest BCUT2D eigenvalue weighted by molar-refractivity contribution is 6.12. The Bertz CT molecular complexity index is 1280. The first-order chi connectivity index (χ1) is 13.2. The summed E-state index contributed by atoms with van der Waals surface area (Å²) in [6, 6.07) is 9.59. The van der Waals surface area contributed by atoms with E-state index in [0.29, 0.717) is 22.5 Å². The van der Waals surface area contributed by atoms with Crippen molar-refractivity contribution in [1.82, 2.24) is 14.5 Å². The van der Waals surface area contributed by atoms with Crippen LogP contribution < -0.4 is 10.5 Å². The lowest BCUT2D eigenvalue weighted by Gasteiger charge is -2.11. The van der Waals surface area contributed by atoms with Crippen molar-refractivity contribution in [3.63, 3.8) is 0 Å². The van der Waals surface area contributed by atoms with Gasteiger partial charge < -0.3 is 15.6 Å². The molecular formula is C21H16N4O2. The summed E-state index contributed by atoms with van der Waals surface area (Å²) in [5.41, 5.74) is 10.9. The lowest BCUT2D eigenvalue weighted by Crippen LogP contribution is -1.96. The van der Waals surface area contributed by atoms with Crippen LogP contribution >= 0.6 is 0 Å². The van der Waals surface area contributed by atoms with E-state index in [-0.39, 0.29) is 5.88 Å². The largest absolute Gasteiger partial charge is 0.494 e. The van der Waals surface area contributed by atoms with Gasteiger partial charge in [0.2, 0.25) is 11.8 Å². The van der Waals surface area contributed by atoms with E-state index in [2.05, 4.69) is 4.98 Å². The third-order valence-corrected chi connectivity index (χ3v) is 4.85. The van der Waals surface area contributed by atoms with Crippen LogP contribution in [0.25, 0.3) is 38.6 Å². The molecule has 0 amide bonds. The number of benzene rings is 1. The average molecular weight is 356 g/mol. The van der Waals surface area contributed by atoms with Crippen LogP contribution in [0.1, 0.15) is 0 Å². The highest BCUT2D eigenvalue weighted by Crippen LogP contribution is 2.41. The highest BCUT2D eigenvalue weighted by atomic mass is 16.5. The standard InChI is InChI=1S/C21H16N4O2/c1-27-20-14(9-4-10-23-20)13-7-3-8-15-18(22)17-16(24-19(13)15)11-25(21(17)26)12-5-2-6-12/h2-11,26H,22H2,1H3. The molecule has 0 atom stereocenters. The molecule has 0 bridgehead atoms. The fraction of sp³-hybridized carbons (Fsp3) is 0.0476. The van der Waals surface area contributed by atoms with Gasteiger partial charge in [0.1, 0.15) is 0 Å². The molecule has 132 valence electrons. The third kappa shape index (κ3) is 2.13. The lowest BCUT2D eigenvalue weighted by molar-refractivity contribution is 0.400. The second-order valence-corrected chi connectivity index (χ2v) is 6.32. The maximum atomic E-state index is 10.7. The first-order valence-corrected chi connectivity index (χ1v) is 8.49. The van der Waals surface area contributed by atoms with E-state index in [1.165, 1.54) is 0 Å². The molecule has 0 aliphatic heterocycles. The number of rotatable bonds is 3. The zero-order chi connectivity index (χ0) is 18.5. The Labute approximate surface area is 154 Å². The molecule has 1 aromatic carbocycles. The van der Waals surface area contributed by atoms with E-state index in [4.69, 9.17) is 15.5 Å². The number of para-hydroxylation sites is 1. The fourth-order valence-electron chi connectivity index (χ4n) is 3.48. The Morgan fingerprint density at radius 1 is 1.15 bits per heavy atom. The molecule has 3 N–H and O–H groups in total. The average Bonchev–Trinajstić information content (AvgIpc) is 2.96. The number of pyridine rings is 2. The van der Waals surface area contributed by atoms with E-state index in [1.807, 2.05) is 48.6 Å². The highest BCUT2D eigenvalue weighted by Gasteiger charge is 2.20. The molecule has 4 aromatic rings. The molecule has 0 radical (unpaired) electrons. The molecule has 6 heteroatoms. The minimum absolute atomic E-state index is 0.0943. The fourth-order valence-corrected chi connectivity index (χ4v) is 3.48. The molecule has 0 saturated heterocycles. The summed E-state index contributed by atoms with van der Waals surface area (Å²) >= 11 is 0. The number of methoxy groups -OCH3 is 1. The summed E-state index contributed by atoms with van der Waals surface area (Å²) in [4.78, 5) is 9.10. The summed E-state index contributed by atoms with van der Waals surface area (Å²) in [5, 5.41) is 12.0. The van der Waals surface area contributed by atoms with Crippen molar-refractivity contribution in [2.24, 2.45) is 0 Å². The molecule has 3 heterocycles. The predicted octanol–water partition coefficient (Wildman–Crippen LogP) is 3.96. The smallest absolute Gasteiger partial charge is 0.221 e. The topological polar surface area (TPSA) is 86.2 Å². The molecule has 1 aliphatic carbocycles. The number of nitrogens with two attached hydrogens (primary N) is 1. The number of allylic oxidation sites excluding steroid dienone is 4. The summed E-state index contributed by atoms with van der Waals surface area (Å²) in [5.74, 6) is 0.618. The first kappa shape index (κ1) is 15.5. The van der Waals surface area contributed by atoms with Crippen molar-refractivity contribution in [2.45, 2.75) is 0 Å². The molecule has 1 aliphatic rings. The van der Waals surface area contributed by atoms with Crippen LogP contribution in [0.3, 0.4) is 0 Å². The normalized spacial score (nSPS) is 13.0. The zero-order valence-electron chi connectivity index (χ0n) is 14.5. The SMILES string of the molecule is COc1ncccc1-c1cccc2c(N)c3c(O)n(C4=CC=C4)cc3nc12. The van der Waals surface area contributed by atoms with Gasteiger partial charge >= 0.3 is 0 Å². The van der Waals surface area contributed by atoms with Crippen LogP contribution in [0, 0.1) is 0 Å². The monoisotopic (exact) mass is 356 g/mol. The van der Waals surface area contributed by atoms with Crippen LogP contribution in [0.15, 0.2) is 61.0 Å². The van der Waals surface area contributed by atoms with Crippen molar-refractivity contribution >= 4 is 33.2 Å². The van der Waals surface area contributed by atoms with Gasteiger partial charge in [-0.15, -0.1) is 0 Å². The molecule has 3 aromatic heterocycles. The molecule has 0 spiro atoms. The van der Waals surface area contributed by atoms with E-state index >= 15 is 0 Å². The Morgan fingerprint density at radius 2 is 1.96 bits per heavy atom. The number of aromatic nitrogens is 3. The predicted molar refractivity (Wildman–Crippen MR) is 107 cm³/mol. The minimum atomic E-state index is 0.0943. The summed E-state index contributed by atoms with van der Waals surface area (Å²) < 4.78 is 7.11. The molecule has 27 heavy (non-hydrogen) atoms. The van der Waals surface area contributed by atoms with Gasteiger partial charge in [-0.1, -0.05) is 24.3 Å². The Kier molecular flexibility index (Phi) is 3.21. The third-order valence-electron chi connectivity index (χ3n) is 4.85. The van der Waals surface area contributed by atoms with Crippen LogP contribution in [0.5, 0.6) is 11.8 Å². The first-order valence-electron chi connectivity index (χ1n) is 8.49. The molecule has 0 fully saturated rings. The summed E-state index contributed by atoms with van der Waals surface area (Å²) in [6.45, 7) is 0. The Morgan fingerprint density at radius 3 is 2.70 bits per heavy atom. The number of nitrogens with zero attached hydrogens (tertiary/aromatic N) is 3. The number of aromatic hydroxyl groups is 1. The van der Waals surface area contributed by atoms with E-state index in [0.717, 1.165) is 27.7 Å². The maximum Gasteiger partial charge on any atom is 0.221 e. The van der Waals surface area contributed by atoms with Gasteiger partial charge in [0.15, 0.2) is 0 Å². The Hall–Kier alpha value is -3.80. The quantitative estimate of drug-likeness (QED) is 0.580. The maximum absolute atomic E-state index is 10.7. The van der Waals surface area contributed by atoms with Gasteiger partial charge in [0.25, 0.3) is 0 Å². The zero-order valence-corrected chi connectivity index (χ0v) is 14.5. The van der Waals surface area contributed by atoms with Gasteiger partial charge in [-0.2, -0.15) is 0 Å². The number of hydrogen-bond donors (Lipinski definition) is 2. The van der Waals surface area contributed by atoms with Gasteiger partial charge in [0, 0.05) is 34.6 Å². The second-order valence-electron chi connectivity index (χ2n) is 6.32. The molecule has 5 rings (SSSR count). The van der Waals surface area contributed by atoms with Crippen LogP contribution in [0.2, 0.25) is 0 Å². The number of fused-ring (bicyclic) bond motifs is 2. The van der Waals surface area contributed by atoms with Gasteiger partial charge in [-0.05, 0) is 24.3 Å². The number of anilines is 1. The van der Waals surface area contributed by atoms with Crippen LogP contribution in [0.4, 0.5) is 5.69 Å². The van der Waals surface area contributed by atoms with Crippen molar-refractivity contribution in [1.29, 1.82) is 0 Å². The number of nitrogen functional groups attached to an aromatic ring is 1. The van der Waals surface area contributed by atoms with E-state index in [1.54, 1.807) is 24.1 Å². The summed E-state index contributed by atoms with van der Waals surface area (Å²) in [7, 11) is 1.59. The van der Waals surface area contributed by atoms with Crippen molar-refractivity contribution < 1.29 is 9.84 Å². The molecular weight excluding hydrogens is 340 g/mol. The van der Waals surface area contributed by atoms with Gasteiger partial charge in [-0.25, -0.2) is 9.97 Å². The van der Waals surface area contributed by atoms with Crippen LogP contribution in [-0.2, 0) is 0 Å². The molecule has 6 nitrogen and oxygen atoms in total. The molecule has 0 saturated carbocycles. The summed E-state index contributed by atoms with van der Waals surface area (Å²) in [6.07, 6.45) is 9.24. The van der Waals surface area contributed by atoms with Crippen LogP contribution in [-0.4, -0.2) is 26.8 Å². The van der Waals surface area contributed by atoms with Crippen molar-refractivity contribution in [3.8, 4) is 22.9 Å². The molecule has 0 unspecified atom stereocenters. The lowest BCUT2D eigenvalue weighted by atomic mass is 10.0. The second kappa shape index (κ2) is 5.60. The van der Waals surface area contributed by atoms with E-state index in [9.17, 15) is 5.11 Å². The number of hydrogen-bond acceptors (Lipinski definition) is 5. The van der Waals surface area contributed by atoms with Crippen molar-refractivity contribution in [3.05, 3.63) is 61.0 Å².